The largest absolute Gasteiger partial charge is 0.493 e. The van der Waals surface area contributed by atoms with Gasteiger partial charge in [0.05, 0.1) is 12.2 Å². The Bertz CT molecular complexity index is 880. The number of aromatic nitrogens is 3. The van der Waals surface area contributed by atoms with Gasteiger partial charge in [0.25, 0.3) is 5.91 Å². The number of nitrogens with zero attached hydrogens (tertiary/aromatic N) is 2. The summed E-state index contributed by atoms with van der Waals surface area (Å²) in [7, 11) is 0. The first-order valence-corrected chi connectivity index (χ1v) is 8.87. The molecule has 1 amide bonds. The lowest BCUT2D eigenvalue weighted by molar-refractivity contribution is 0.0996. The van der Waals surface area contributed by atoms with Gasteiger partial charge in [-0.15, -0.1) is 0 Å². The molecular formula is C20H23N5O2. The van der Waals surface area contributed by atoms with Crippen LogP contribution in [0.4, 0.5) is 5.69 Å². The number of nitrogens with two attached hydrogens (primary N) is 1. The van der Waals surface area contributed by atoms with Crippen LogP contribution in [0.15, 0.2) is 54.9 Å². The van der Waals surface area contributed by atoms with Gasteiger partial charge in [-0.1, -0.05) is 24.3 Å². The summed E-state index contributed by atoms with van der Waals surface area (Å²) in [6.07, 6.45) is 3.27. The summed E-state index contributed by atoms with van der Waals surface area (Å²) >= 11 is 0. The summed E-state index contributed by atoms with van der Waals surface area (Å²) in [6, 6.07) is 15.3. The molecule has 0 saturated heterocycles. The summed E-state index contributed by atoms with van der Waals surface area (Å²) in [4.78, 5) is 15.6. The highest BCUT2D eigenvalue weighted by Gasteiger charge is 2.09. The van der Waals surface area contributed by atoms with E-state index in [1.54, 1.807) is 18.2 Å². The SMILES string of the molecule is CC(CCCOc1ccccc1C(N)=O)Nc1cccc(-c2ncn[nH]2)c1. The molecule has 1 aromatic heterocycles. The van der Waals surface area contributed by atoms with Gasteiger partial charge in [0, 0.05) is 17.3 Å². The van der Waals surface area contributed by atoms with Crippen LogP contribution < -0.4 is 15.8 Å². The number of benzene rings is 2. The molecule has 0 aliphatic heterocycles. The highest BCUT2D eigenvalue weighted by molar-refractivity contribution is 5.95. The number of ether oxygens (including phenoxy) is 1. The fraction of sp³-hybridized carbons (Fsp3) is 0.250. The fourth-order valence-corrected chi connectivity index (χ4v) is 2.83. The number of amides is 1. The maximum absolute atomic E-state index is 11.4. The molecule has 0 spiro atoms. The van der Waals surface area contributed by atoms with Crippen molar-refractivity contribution in [1.82, 2.24) is 15.2 Å². The van der Waals surface area contributed by atoms with E-state index in [4.69, 9.17) is 10.5 Å². The van der Waals surface area contributed by atoms with Crippen LogP contribution in [0.2, 0.25) is 0 Å². The zero-order valence-corrected chi connectivity index (χ0v) is 15.2. The van der Waals surface area contributed by atoms with Gasteiger partial charge >= 0.3 is 0 Å². The molecule has 0 fully saturated rings. The minimum absolute atomic E-state index is 0.268. The number of anilines is 1. The number of aromatic amines is 1. The second-order valence-corrected chi connectivity index (χ2v) is 6.31. The van der Waals surface area contributed by atoms with E-state index in [0.29, 0.717) is 17.9 Å². The highest BCUT2D eigenvalue weighted by atomic mass is 16.5. The van der Waals surface area contributed by atoms with E-state index in [0.717, 1.165) is 29.9 Å². The van der Waals surface area contributed by atoms with Crippen molar-refractivity contribution in [2.24, 2.45) is 5.73 Å². The Labute approximate surface area is 158 Å². The van der Waals surface area contributed by atoms with Gasteiger partial charge in [-0.3, -0.25) is 9.89 Å². The number of carbonyl (C=O) groups is 1. The minimum Gasteiger partial charge on any atom is -0.493 e. The molecule has 0 saturated carbocycles. The van der Waals surface area contributed by atoms with Gasteiger partial charge < -0.3 is 15.8 Å². The predicted molar refractivity (Wildman–Crippen MR) is 105 cm³/mol. The van der Waals surface area contributed by atoms with E-state index in [1.165, 1.54) is 6.33 Å². The van der Waals surface area contributed by atoms with Crippen LogP contribution in [0.3, 0.4) is 0 Å². The molecule has 0 bridgehead atoms. The second-order valence-electron chi connectivity index (χ2n) is 6.31. The first kappa shape index (κ1) is 18.4. The van der Waals surface area contributed by atoms with Crippen LogP contribution in [0.25, 0.3) is 11.4 Å². The number of rotatable bonds is 9. The lowest BCUT2D eigenvalue weighted by Crippen LogP contribution is -2.17. The highest BCUT2D eigenvalue weighted by Crippen LogP contribution is 2.20. The number of nitrogens with one attached hydrogen (secondary N) is 2. The van der Waals surface area contributed by atoms with Gasteiger partial charge in [0.2, 0.25) is 0 Å². The molecule has 1 heterocycles. The fourth-order valence-electron chi connectivity index (χ4n) is 2.83. The van der Waals surface area contributed by atoms with Crippen molar-refractivity contribution in [2.75, 3.05) is 11.9 Å². The quantitative estimate of drug-likeness (QED) is 0.505. The Balaban J connectivity index is 1.47. The van der Waals surface area contributed by atoms with Crippen molar-refractivity contribution in [3.05, 3.63) is 60.4 Å². The number of hydrogen-bond acceptors (Lipinski definition) is 5. The number of para-hydroxylation sites is 1. The lowest BCUT2D eigenvalue weighted by Gasteiger charge is -2.16. The normalized spacial score (nSPS) is 11.7. The Morgan fingerprint density at radius 1 is 1.26 bits per heavy atom. The molecule has 0 aliphatic carbocycles. The number of hydrogen-bond donors (Lipinski definition) is 3. The van der Waals surface area contributed by atoms with Crippen LogP contribution in [0.5, 0.6) is 5.75 Å². The Morgan fingerprint density at radius 2 is 2.11 bits per heavy atom. The maximum Gasteiger partial charge on any atom is 0.252 e. The molecule has 7 nitrogen and oxygen atoms in total. The second kappa shape index (κ2) is 8.84. The van der Waals surface area contributed by atoms with Crippen LogP contribution in [-0.2, 0) is 0 Å². The molecule has 1 atom stereocenters. The standard InChI is InChI=1S/C20H23N5O2/c1-14(6-5-11-27-18-10-3-2-9-17(18)19(21)26)24-16-8-4-7-15(12-16)20-22-13-23-25-20/h2-4,7-10,12-14,24H,5-6,11H2,1H3,(H2,21,26)(H,22,23,25). The molecule has 0 aliphatic rings. The topological polar surface area (TPSA) is 106 Å². The Hall–Kier alpha value is -3.35. The molecule has 27 heavy (non-hydrogen) atoms. The first-order valence-electron chi connectivity index (χ1n) is 8.87. The number of H-pyrrole nitrogens is 1. The van der Waals surface area contributed by atoms with Crippen LogP contribution in [-0.4, -0.2) is 33.7 Å². The van der Waals surface area contributed by atoms with Crippen LogP contribution in [0.1, 0.15) is 30.1 Å². The van der Waals surface area contributed by atoms with E-state index in [1.807, 2.05) is 30.3 Å². The summed E-state index contributed by atoms with van der Waals surface area (Å²) in [5.74, 6) is 0.797. The smallest absolute Gasteiger partial charge is 0.252 e. The molecule has 4 N–H and O–H groups in total. The van der Waals surface area contributed by atoms with E-state index < -0.39 is 5.91 Å². The third kappa shape index (κ3) is 5.07. The molecule has 3 aromatic rings. The van der Waals surface area contributed by atoms with Crippen LogP contribution >= 0.6 is 0 Å². The van der Waals surface area contributed by atoms with Crippen molar-refractivity contribution < 1.29 is 9.53 Å². The summed E-state index contributed by atoms with van der Waals surface area (Å²) < 4.78 is 5.72. The molecule has 1 unspecified atom stereocenters. The molecule has 0 radical (unpaired) electrons. The first-order chi connectivity index (χ1) is 13.1. The van der Waals surface area contributed by atoms with Gasteiger partial charge in [-0.25, -0.2) is 4.98 Å². The van der Waals surface area contributed by atoms with E-state index in [-0.39, 0.29) is 6.04 Å². The Morgan fingerprint density at radius 3 is 2.89 bits per heavy atom. The van der Waals surface area contributed by atoms with Crippen LogP contribution in [0, 0.1) is 0 Å². The number of carbonyl (C=O) groups excluding carboxylic acids is 1. The monoisotopic (exact) mass is 365 g/mol. The third-order valence-corrected chi connectivity index (χ3v) is 4.16. The lowest BCUT2D eigenvalue weighted by atomic mass is 10.1. The van der Waals surface area contributed by atoms with Crippen molar-refractivity contribution in [3.63, 3.8) is 0 Å². The molecule has 3 rings (SSSR count). The molecular weight excluding hydrogens is 342 g/mol. The summed E-state index contributed by atoms with van der Waals surface area (Å²) in [5, 5.41) is 10.2. The molecule has 2 aromatic carbocycles. The van der Waals surface area contributed by atoms with E-state index in [2.05, 4.69) is 27.4 Å². The predicted octanol–water partition coefficient (Wildman–Crippen LogP) is 3.23. The molecule has 140 valence electrons. The van der Waals surface area contributed by atoms with Crippen molar-refractivity contribution in [3.8, 4) is 17.1 Å². The van der Waals surface area contributed by atoms with E-state index in [9.17, 15) is 4.79 Å². The number of primary amides is 1. The molecule has 7 heteroatoms. The summed E-state index contributed by atoms with van der Waals surface area (Å²) in [6.45, 7) is 2.65. The van der Waals surface area contributed by atoms with Crippen molar-refractivity contribution in [2.45, 2.75) is 25.8 Å². The zero-order valence-electron chi connectivity index (χ0n) is 15.2. The summed E-state index contributed by atoms with van der Waals surface area (Å²) in [5.41, 5.74) is 7.78. The minimum atomic E-state index is -0.479. The van der Waals surface area contributed by atoms with Crippen molar-refractivity contribution in [1.29, 1.82) is 0 Å². The van der Waals surface area contributed by atoms with Gasteiger partial charge in [-0.2, -0.15) is 5.10 Å². The van der Waals surface area contributed by atoms with E-state index >= 15 is 0 Å². The Kier molecular flexibility index (Phi) is 6.04. The van der Waals surface area contributed by atoms with Crippen molar-refractivity contribution >= 4 is 11.6 Å². The average Bonchev–Trinajstić information content (AvgIpc) is 3.20. The van der Waals surface area contributed by atoms with Gasteiger partial charge in [0.1, 0.15) is 12.1 Å². The zero-order chi connectivity index (χ0) is 19.1. The van der Waals surface area contributed by atoms with Gasteiger partial charge in [0.15, 0.2) is 5.82 Å². The third-order valence-electron chi connectivity index (χ3n) is 4.16. The maximum atomic E-state index is 11.4. The van der Waals surface area contributed by atoms with Gasteiger partial charge in [-0.05, 0) is 44.0 Å². The average molecular weight is 365 g/mol.